The Hall–Kier alpha value is 0.955. The van der Waals surface area contributed by atoms with Gasteiger partial charge in [0.1, 0.15) is 0 Å². The molecule has 0 amide bonds. The zero-order valence-electron chi connectivity index (χ0n) is 1.88. The predicted octanol–water partition coefficient (Wildman–Crippen LogP) is -2.50. The van der Waals surface area contributed by atoms with Crippen LogP contribution in [0.25, 0.3) is 0 Å². The summed E-state index contributed by atoms with van der Waals surface area (Å²) in [6.07, 6.45) is 0. The normalized spacial score (nSPS) is 1.25. The second-order valence-electron chi connectivity index (χ2n) is 0. The fourth-order valence-electron chi connectivity index (χ4n) is 0. The molecule has 0 aliphatic rings. The van der Waals surface area contributed by atoms with E-state index in [0.717, 1.165) is 0 Å². The maximum absolute atomic E-state index is 9.64. The van der Waals surface area contributed by atoms with Crippen LogP contribution < -0.4 is 0 Å². The highest BCUT2D eigenvalue weighted by atomic mass is 27.1. The first-order chi connectivity index (χ1) is 1.00. The largest absolute Gasteiger partial charge is 0.472 e. The lowest BCUT2D eigenvalue weighted by Crippen LogP contribution is -1.06. The highest BCUT2D eigenvalue weighted by Gasteiger charge is 1.12. The van der Waals surface area contributed by atoms with Crippen molar-refractivity contribution in [1.82, 2.24) is 0 Å². The summed E-state index contributed by atoms with van der Waals surface area (Å²) < 4.78 is 9.64. The maximum Gasteiger partial charge on any atom is 0.472 e. The summed E-state index contributed by atoms with van der Waals surface area (Å²) in [6.45, 7) is 0. The SMILES string of the molecule is O.[AlH3].[F][AlH2]. The smallest absolute Gasteiger partial charge is 0.430 e. The minimum absolute atomic E-state index is 0. The zero-order chi connectivity index (χ0) is 2.00. The lowest BCUT2D eigenvalue weighted by Gasteiger charge is -1.08. The van der Waals surface area contributed by atoms with E-state index in [1.807, 2.05) is 0 Å². The molecule has 0 aromatic heterocycles. The molecule has 0 saturated carbocycles. The van der Waals surface area contributed by atoms with Crippen molar-refractivity contribution in [1.29, 1.82) is 0 Å². The molecule has 0 radical (unpaired) electrons. The molecule has 0 aliphatic heterocycles. The van der Waals surface area contributed by atoms with E-state index in [4.69, 9.17) is 0 Å². The van der Waals surface area contributed by atoms with Gasteiger partial charge in [-0.2, -0.15) is 0 Å². The molecule has 0 unspecified atom stereocenters. The molecule has 0 saturated heterocycles. The third kappa shape index (κ3) is 12.4. The van der Waals surface area contributed by atoms with Gasteiger partial charge in [0.05, 0.1) is 0 Å². The molecule has 0 heterocycles. The van der Waals surface area contributed by atoms with E-state index in [2.05, 4.69) is 0 Å². The van der Waals surface area contributed by atoms with Gasteiger partial charge in [-0.1, -0.05) is 0 Å². The predicted molar refractivity (Wildman–Crippen MR) is 23.2 cm³/mol. The summed E-state index contributed by atoms with van der Waals surface area (Å²) in [6, 6.07) is 0. The number of hydrogen-bond acceptors (Lipinski definition) is 0. The van der Waals surface area contributed by atoms with Crippen molar-refractivity contribution < 1.29 is 9.00 Å². The molecule has 0 fully saturated rings. The Labute approximate surface area is 43.5 Å². The average Bonchev–Trinajstić information content (AvgIpc) is 1.00. The van der Waals surface area contributed by atoms with E-state index in [1.54, 1.807) is 0 Å². The van der Waals surface area contributed by atoms with Crippen LogP contribution in [0.15, 0.2) is 0 Å². The zero-order valence-corrected chi connectivity index (χ0v) is 3.88. The van der Waals surface area contributed by atoms with Crippen molar-refractivity contribution in [2.75, 3.05) is 0 Å². The van der Waals surface area contributed by atoms with Crippen molar-refractivity contribution in [2.24, 2.45) is 0 Å². The molecule has 0 rings (SSSR count). The molecular weight excluding hydrogens is 89.0 g/mol. The summed E-state index contributed by atoms with van der Waals surface area (Å²) >= 11 is -0.194. The molecule has 0 bridgehead atoms. The molecule has 2 N–H and O–H groups in total. The summed E-state index contributed by atoms with van der Waals surface area (Å²) in [5.41, 5.74) is 0. The standard InChI is InChI=1S/2Al.FH.H2O.5H/h;;1H;1H2;;;;;/q;+1;;;;;;;/p-1. The van der Waals surface area contributed by atoms with Crippen LogP contribution in [0, 0.1) is 0 Å². The van der Waals surface area contributed by atoms with Crippen LogP contribution in [0.4, 0.5) is 3.52 Å². The van der Waals surface area contributed by atoms with Crippen LogP contribution in [0.5, 0.6) is 0 Å². The second kappa shape index (κ2) is 37.9. The van der Waals surface area contributed by atoms with Crippen LogP contribution in [0.3, 0.4) is 0 Å². The highest BCUT2D eigenvalue weighted by Crippen LogP contribution is 1.10. The third-order valence-electron chi connectivity index (χ3n) is 0. The van der Waals surface area contributed by atoms with Gasteiger partial charge in [-0.05, 0) is 0 Å². The summed E-state index contributed by atoms with van der Waals surface area (Å²) in [5, 5.41) is 0. The van der Waals surface area contributed by atoms with Gasteiger partial charge in [0, 0.05) is 0 Å². The summed E-state index contributed by atoms with van der Waals surface area (Å²) in [4.78, 5) is 0. The second-order valence-corrected chi connectivity index (χ2v) is 0. The lowest BCUT2D eigenvalue weighted by atomic mass is 16.0. The first-order valence-corrected chi connectivity index (χ1v) is 1.13. The van der Waals surface area contributed by atoms with Crippen LogP contribution in [0.1, 0.15) is 0 Å². The van der Waals surface area contributed by atoms with Crippen LogP contribution >= 0.6 is 0 Å². The van der Waals surface area contributed by atoms with E-state index >= 15 is 0 Å². The van der Waals surface area contributed by atoms with Crippen molar-refractivity contribution in [3.63, 3.8) is 0 Å². The number of hydrogen-bond donors (Lipinski definition) is 0. The van der Waals surface area contributed by atoms with Crippen LogP contribution in [0.2, 0.25) is 0 Å². The molecule has 0 spiro atoms. The maximum atomic E-state index is 9.64. The topological polar surface area (TPSA) is 31.5 Å². The van der Waals surface area contributed by atoms with E-state index in [0.29, 0.717) is 0 Å². The Morgan fingerprint density at radius 2 is 1.25 bits per heavy atom. The Bertz CT molecular complexity index is 6.00. The number of rotatable bonds is 0. The van der Waals surface area contributed by atoms with Crippen molar-refractivity contribution >= 4 is 34.1 Å². The molecule has 0 atom stereocenters. The van der Waals surface area contributed by atoms with E-state index < -0.39 is 0 Å². The minimum atomic E-state index is -0.194. The van der Waals surface area contributed by atoms with Gasteiger partial charge in [-0.25, -0.2) is 0 Å². The average molecular weight is 96.0 g/mol. The first-order valence-electron chi connectivity index (χ1n) is 0.378. The van der Waals surface area contributed by atoms with Gasteiger partial charge < -0.3 is 9.00 Å². The molecule has 1 nitrogen and oxygen atoms in total. The quantitative estimate of drug-likeness (QED) is 0.298. The molecule has 0 aliphatic carbocycles. The highest BCUT2D eigenvalue weighted by molar-refractivity contribution is 5.96. The molecule has 0 aromatic rings. The minimum Gasteiger partial charge on any atom is -0.430 e. The van der Waals surface area contributed by atoms with Crippen molar-refractivity contribution in [3.8, 4) is 0 Å². The van der Waals surface area contributed by atoms with Crippen LogP contribution in [-0.2, 0) is 0 Å². The van der Waals surface area contributed by atoms with Gasteiger partial charge >= 0.3 is 16.7 Å². The number of halogens is 1. The summed E-state index contributed by atoms with van der Waals surface area (Å²) in [5.74, 6) is 0. The molecule has 4 heavy (non-hydrogen) atoms. The lowest BCUT2D eigenvalue weighted by molar-refractivity contribution is 0.824. The third-order valence-corrected chi connectivity index (χ3v) is 0. The van der Waals surface area contributed by atoms with Crippen LogP contribution in [-0.4, -0.2) is 39.6 Å². The molecular formula is H7Al2FO. The summed E-state index contributed by atoms with van der Waals surface area (Å²) in [7, 11) is 0. The Morgan fingerprint density at radius 1 is 1.25 bits per heavy atom. The Kier molecular flexibility index (Phi) is 192. The van der Waals surface area contributed by atoms with E-state index in [-0.39, 0.29) is 39.6 Å². The molecule has 4 heteroatoms. The van der Waals surface area contributed by atoms with Gasteiger partial charge in [0.25, 0.3) is 0 Å². The van der Waals surface area contributed by atoms with E-state index in [1.165, 1.54) is 0 Å². The molecule has 0 aromatic carbocycles. The van der Waals surface area contributed by atoms with Gasteiger partial charge in [0.2, 0.25) is 0 Å². The van der Waals surface area contributed by atoms with Gasteiger partial charge in [0.15, 0.2) is 17.4 Å². The van der Waals surface area contributed by atoms with Gasteiger partial charge in [-0.15, -0.1) is 0 Å². The van der Waals surface area contributed by atoms with Crippen molar-refractivity contribution in [2.45, 2.75) is 0 Å². The fraction of sp³-hybridized carbons (Fsp3) is 0. The first kappa shape index (κ1) is 20.3. The molecule has 26 valence electrons. The van der Waals surface area contributed by atoms with Gasteiger partial charge in [-0.3, -0.25) is 0 Å². The Balaban J connectivity index is -0.00000000500. The van der Waals surface area contributed by atoms with Crippen molar-refractivity contribution in [3.05, 3.63) is 0 Å². The van der Waals surface area contributed by atoms with E-state index in [9.17, 15) is 3.52 Å². The Morgan fingerprint density at radius 3 is 1.25 bits per heavy atom. The monoisotopic (exact) mass is 96.0 g/mol. The fourth-order valence-corrected chi connectivity index (χ4v) is 0.